The molecule has 0 unspecified atom stereocenters. The highest BCUT2D eigenvalue weighted by Gasteiger charge is 2.36. The Morgan fingerprint density at radius 1 is 1.00 bits per heavy atom. The summed E-state index contributed by atoms with van der Waals surface area (Å²) >= 11 is 0. The molecule has 0 aromatic rings. The van der Waals surface area contributed by atoms with E-state index in [1.54, 1.807) is 0 Å². The molecule has 1 saturated heterocycles. The first-order chi connectivity index (χ1) is 9.52. The van der Waals surface area contributed by atoms with Crippen LogP contribution in [-0.4, -0.2) is 29.4 Å². The van der Waals surface area contributed by atoms with E-state index in [-0.39, 0.29) is 5.54 Å². The SMILES string of the molecule is CCC1(CC)CCN(C(=O)CC2(N)CCCCC2)CC1. The van der Waals surface area contributed by atoms with Crippen LogP contribution in [0.3, 0.4) is 0 Å². The first-order valence-corrected chi connectivity index (χ1v) is 8.59. The van der Waals surface area contributed by atoms with E-state index in [1.165, 1.54) is 44.9 Å². The molecule has 2 rings (SSSR count). The van der Waals surface area contributed by atoms with E-state index in [2.05, 4.69) is 18.7 Å². The molecule has 2 aliphatic rings. The van der Waals surface area contributed by atoms with Gasteiger partial charge < -0.3 is 10.6 Å². The van der Waals surface area contributed by atoms with Gasteiger partial charge in [0.25, 0.3) is 0 Å². The van der Waals surface area contributed by atoms with Crippen LogP contribution in [0.1, 0.15) is 78.1 Å². The van der Waals surface area contributed by atoms with E-state index in [1.807, 2.05) is 0 Å². The Morgan fingerprint density at radius 2 is 1.55 bits per heavy atom. The average Bonchev–Trinajstić information content (AvgIpc) is 2.47. The number of nitrogens with two attached hydrogens (primary N) is 1. The molecule has 3 nitrogen and oxygen atoms in total. The van der Waals surface area contributed by atoms with E-state index in [0.717, 1.165) is 25.9 Å². The zero-order valence-corrected chi connectivity index (χ0v) is 13.4. The third-order valence-electron chi connectivity index (χ3n) is 6.03. The predicted octanol–water partition coefficient (Wildman–Crippen LogP) is 3.47. The lowest BCUT2D eigenvalue weighted by Crippen LogP contribution is -2.49. The van der Waals surface area contributed by atoms with Gasteiger partial charge in [0.2, 0.25) is 5.91 Å². The maximum atomic E-state index is 12.5. The highest BCUT2D eigenvalue weighted by molar-refractivity contribution is 5.77. The normalized spacial score (nSPS) is 25.4. The minimum atomic E-state index is -0.209. The molecule has 0 aromatic heterocycles. The maximum absolute atomic E-state index is 12.5. The van der Waals surface area contributed by atoms with E-state index >= 15 is 0 Å². The van der Waals surface area contributed by atoms with Gasteiger partial charge in [-0.15, -0.1) is 0 Å². The van der Waals surface area contributed by atoms with Crippen LogP contribution in [-0.2, 0) is 4.79 Å². The number of amides is 1. The number of rotatable bonds is 4. The summed E-state index contributed by atoms with van der Waals surface area (Å²) in [5.41, 5.74) is 6.70. The van der Waals surface area contributed by atoms with Gasteiger partial charge in [0, 0.05) is 25.0 Å². The molecule has 0 atom stereocenters. The number of carbonyl (C=O) groups excluding carboxylic acids is 1. The average molecular weight is 280 g/mol. The lowest BCUT2D eigenvalue weighted by Gasteiger charge is -2.42. The second kappa shape index (κ2) is 6.46. The molecule has 3 heteroatoms. The molecule has 116 valence electrons. The molecule has 1 aliphatic carbocycles. The lowest BCUT2D eigenvalue weighted by molar-refractivity contribution is -0.135. The van der Waals surface area contributed by atoms with E-state index < -0.39 is 0 Å². The van der Waals surface area contributed by atoms with Gasteiger partial charge in [-0.3, -0.25) is 4.79 Å². The fourth-order valence-electron chi connectivity index (χ4n) is 4.03. The van der Waals surface area contributed by atoms with Crippen LogP contribution in [0.4, 0.5) is 0 Å². The van der Waals surface area contributed by atoms with Crippen molar-refractivity contribution >= 4 is 5.91 Å². The second-order valence-electron chi connectivity index (χ2n) is 7.19. The number of carbonyl (C=O) groups is 1. The molecule has 20 heavy (non-hydrogen) atoms. The monoisotopic (exact) mass is 280 g/mol. The third-order valence-corrected chi connectivity index (χ3v) is 6.03. The van der Waals surface area contributed by atoms with Crippen molar-refractivity contribution < 1.29 is 4.79 Å². The van der Waals surface area contributed by atoms with Gasteiger partial charge in [-0.2, -0.15) is 0 Å². The number of nitrogens with zero attached hydrogens (tertiary/aromatic N) is 1. The van der Waals surface area contributed by atoms with Crippen molar-refractivity contribution in [2.75, 3.05) is 13.1 Å². The lowest BCUT2D eigenvalue weighted by atomic mass is 9.74. The molecule has 0 aromatic carbocycles. The molecular formula is C17H32N2O. The molecular weight excluding hydrogens is 248 g/mol. The van der Waals surface area contributed by atoms with Gasteiger partial charge >= 0.3 is 0 Å². The van der Waals surface area contributed by atoms with Crippen LogP contribution >= 0.6 is 0 Å². The van der Waals surface area contributed by atoms with E-state index in [0.29, 0.717) is 17.7 Å². The number of hydrogen-bond acceptors (Lipinski definition) is 2. The minimum Gasteiger partial charge on any atom is -0.343 e. The van der Waals surface area contributed by atoms with Crippen molar-refractivity contribution in [3.8, 4) is 0 Å². The Hall–Kier alpha value is -0.570. The standard InChI is InChI=1S/C17H32N2O/c1-3-16(4-2)10-12-19(13-11-16)15(20)14-17(18)8-6-5-7-9-17/h3-14,18H2,1-2H3. The summed E-state index contributed by atoms with van der Waals surface area (Å²) < 4.78 is 0. The highest BCUT2D eigenvalue weighted by atomic mass is 16.2. The first-order valence-electron chi connectivity index (χ1n) is 8.59. The Kier molecular flexibility index (Phi) is 5.11. The Bertz CT molecular complexity index is 320. The number of piperidine rings is 1. The molecule has 2 fully saturated rings. The fraction of sp³-hybridized carbons (Fsp3) is 0.941. The van der Waals surface area contributed by atoms with Crippen LogP contribution in [0.5, 0.6) is 0 Å². The molecule has 1 saturated carbocycles. The maximum Gasteiger partial charge on any atom is 0.224 e. The summed E-state index contributed by atoms with van der Waals surface area (Å²) in [6.07, 6.45) is 11.1. The molecule has 0 spiro atoms. The van der Waals surface area contributed by atoms with Gasteiger partial charge in [0.1, 0.15) is 0 Å². The van der Waals surface area contributed by atoms with Gasteiger partial charge in [-0.05, 0) is 31.1 Å². The van der Waals surface area contributed by atoms with E-state index in [4.69, 9.17) is 5.73 Å². The smallest absolute Gasteiger partial charge is 0.224 e. The summed E-state index contributed by atoms with van der Waals surface area (Å²) in [6.45, 7) is 6.46. The van der Waals surface area contributed by atoms with Crippen LogP contribution in [0.15, 0.2) is 0 Å². The van der Waals surface area contributed by atoms with Gasteiger partial charge in [0.15, 0.2) is 0 Å². The van der Waals surface area contributed by atoms with Crippen molar-refractivity contribution in [2.45, 2.75) is 83.6 Å². The zero-order chi connectivity index (χ0) is 14.6. The van der Waals surface area contributed by atoms with Crippen LogP contribution in [0.25, 0.3) is 0 Å². The van der Waals surface area contributed by atoms with Crippen molar-refractivity contribution in [1.82, 2.24) is 4.90 Å². The molecule has 0 radical (unpaired) electrons. The largest absolute Gasteiger partial charge is 0.343 e. The summed E-state index contributed by atoms with van der Waals surface area (Å²) in [6, 6.07) is 0. The van der Waals surface area contributed by atoms with Crippen molar-refractivity contribution in [1.29, 1.82) is 0 Å². The fourth-order valence-corrected chi connectivity index (χ4v) is 4.03. The van der Waals surface area contributed by atoms with Crippen LogP contribution in [0, 0.1) is 5.41 Å². The summed E-state index contributed by atoms with van der Waals surface area (Å²) in [5, 5.41) is 0. The second-order valence-corrected chi connectivity index (χ2v) is 7.19. The molecule has 1 aliphatic heterocycles. The van der Waals surface area contributed by atoms with Gasteiger partial charge in [-0.25, -0.2) is 0 Å². The topological polar surface area (TPSA) is 46.3 Å². The van der Waals surface area contributed by atoms with Crippen molar-refractivity contribution in [2.24, 2.45) is 11.1 Å². The Labute approximate surface area is 124 Å². The van der Waals surface area contributed by atoms with Crippen molar-refractivity contribution in [3.05, 3.63) is 0 Å². The van der Waals surface area contributed by atoms with E-state index in [9.17, 15) is 4.79 Å². The van der Waals surface area contributed by atoms with Crippen LogP contribution < -0.4 is 5.73 Å². The first kappa shape index (κ1) is 15.8. The zero-order valence-electron chi connectivity index (χ0n) is 13.4. The van der Waals surface area contributed by atoms with Gasteiger partial charge in [0.05, 0.1) is 0 Å². The number of likely N-dealkylation sites (tertiary alicyclic amines) is 1. The molecule has 0 bridgehead atoms. The summed E-state index contributed by atoms with van der Waals surface area (Å²) in [7, 11) is 0. The minimum absolute atomic E-state index is 0.209. The Morgan fingerprint density at radius 3 is 2.05 bits per heavy atom. The summed E-state index contributed by atoms with van der Waals surface area (Å²) in [5.74, 6) is 0.301. The van der Waals surface area contributed by atoms with Gasteiger partial charge in [-0.1, -0.05) is 46.0 Å². The Balaban J connectivity index is 1.85. The van der Waals surface area contributed by atoms with Crippen molar-refractivity contribution in [3.63, 3.8) is 0 Å². The quantitative estimate of drug-likeness (QED) is 0.857. The molecule has 2 N–H and O–H groups in total. The molecule has 1 amide bonds. The highest BCUT2D eigenvalue weighted by Crippen LogP contribution is 2.38. The van der Waals surface area contributed by atoms with Crippen LogP contribution in [0.2, 0.25) is 0 Å². The number of hydrogen-bond donors (Lipinski definition) is 1. The summed E-state index contributed by atoms with van der Waals surface area (Å²) in [4.78, 5) is 14.6. The third kappa shape index (κ3) is 3.55. The molecule has 1 heterocycles. The predicted molar refractivity (Wildman–Crippen MR) is 83.4 cm³/mol.